The number of nitrogens with one attached hydrogen (secondary N) is 2. The maximum Gasteiger partial charge on any atom is 0.262 e. The van der Waals surface area contributed by atoms with Crippen LogP contribution >= 0.6 is 11.3 Å². The number of ether oxygens (including phenoxy) is 1. The number of anilines is 2. The van der Waals surface area contributed by atoms with Crippen molar-refractivity contribution >= 4 is 38.1 Å². The Morgan fingerprint density at radius 2 is 2.00 bits per heavy atom. The number of thiazole rings is 1. The van der Waals surface area contributed by atoms with Gasteiger partial charge in [0, 0.05) is 10.9 Å². The molecule has 27 heavy (non-hydrogen) atoms. The molecule has 138 valence electrons. The van der Waals surface area contributed by atoms with E-state index in [9.17, 15) is 13.2 Å². The highest BCUT2D eigenvalue weighted by Crippen LogP contribution is 2.34. The van der Waals surface area contributed by atoms with Gasteiger partial charge in [-0.25, -0.2) is 13.4 Å². The van der Waals surface area contributed by atoms with E-state index in [0.29, 0.717) is 27.8 Å². The summed E-state index contributed by atoms with van der Waals surface area (Å²) >= 11 is 1.20. The highest BCUT2D eigenvalue weighted by atomic mass is 32.2. The molecule has 1 aliphatic heterocycles. The van der Waals surface area contributed by atoms with Gasteiger partial charge >= 0.3 is 0 Å². The summed E-state index contributed by atoms with van der Waals surface area (Å²) in [7, 11) is -3.56. The van der Waals surface area contributed by atoms with E-state index in [1.807, 2.05) is 12.1 Å². The first-order chi connectivity index (χ1) is 13.0. The topological polar surface area (TPSA) is 97.4 Å². The van der Waals surface area contributed by atoms with Crippen molar-refractivity contribution in [3.8, 4) is 17.0 Å². The molecule has 0 spiro atoms. The molecule has 9 heteroatoms. The Morgan fingerprint density at radius 1 is 1.19 bits per heavy atom. The number of carbonyl (C=O) groups excluding carboxylic acids is 1. The van der Waals surface area contributed by atoms with Crippen LogP contribution in [0.25, 0.3) is 11.3 Å². The van der Waals surface area contributed by atoms with Crippen molar-refractivity contribution < 1.29 is 17.9 Å². The highest BCUT2D eigenvalue weighted by molar-refractivity contribution is 7.92. The Hall–Kier alpha value is -2.91. The molecule has 2 aromatic carbocycles. The second-order valence-corrected chi connectivity index (χ2v) is 8.51. The maximum atomic E-state index is 12.3. The highest BCUT2D eigenvalue weighted by Gasteiger charge is 2.18. The first-order valence-electron chi connectivity index (χ1n) is 8.05. The third-order valence-corrected chi connectivity index (χ3v) is 5.96. The average molecular weight is 401 g/mol. The minimum atomic E-state index is -3.56. The number of sulfonamides is 1. The predicted octanol–water partition coefficient (Wildman–Crippen LogP) is 3.08. The van der Waals surface area contributed by atoms with Gasteiger partial charge in [-0.3, -0.25) is 9.52 Å². The van der Waals surface area contributed by atoms with Gasteiger partial charge in [-0.2, -0.15) is 0 Å². The van der Waals surface area contributed by atoms with Crippen LogP contribution in [0.4, 0.5) is 10.8 Å². The Bertz CT molecular complexity index is 1090. The van der Waals surface area contributed by atoms with Crippen molar-refractivity contribution in [1.82, 2.24) is 4.98 Å². The van der Waals surface area contributed by atoms with Gasteiger partial charge in [-0.15, -0.1) is 11.3 Å². The molecule has 0 bridgehead atoms. The molecule has 7 nitrogen and oxygen atoms in total. The van der Waals surface area contributed by atoms with Crippen LogP contribution in [-0.4, -0.2) is 25.9 Å². The average Bonchev–Trinajstić information content (AvgIpc) is 3.09. The van der Waals surface area contributed by atoms with Crippen LogP contribution in [0.5, 0.6) is 5.75 Å². The second kappa shape index (κ2) is 7.01. The van der Waals surface area contributed by atoms with E-state index in [1.165, 1.54) is 11.3 Å². The Labute approximate surface area is 160 Å². The molecule has 0 radical (unpaired) electrons. The SMILES string of the molecule is O=C1COc2ccc(-c3csc(NS(=O)(=O)Cc4ccccc4)n3)cc2N1. The van der Waals surface area contributed by atoms with E-state index in [4.69, 9.17) is 4.74 Å². The molecule has 0 saturated carbocycles. The number of rotatable bonds is 5. The van der Waals surface area contributed by atoms with Crippen LogP contribution in [0.15, 0.2) is 53.9 Å². The fourth-order valence-corrected chi connectivity index (χ4v) is 4.81. The van der Waals surface area contributed by atoms with E-state index < -0.39 is 10.0 Å². The van der Waals surface area contributed by atoms with Crippen LogP contribution in [0, 0.1) is 0 Å². The van der Waals surface area contributed by atoms with Crippen molar-refractivity contribution in [2.45, 2.75) is 5.75 Å². The van der Waals surface area contributed by atoms with Crippen molar-refractivity contribution in [1.29, 1.82) is 0 Å². The Balaban J connectivity index is 1.52. The smallest absolute Gasteiger partial charge is 0.262 e. The first kappa shape index (κ1) is 17.5. The lowest BCUT2D eigenvalue weighted by molar-refractivity contribution is -0.118. The van der Waals surface area contributed by atoms with Crippen molar-refractivity contribution in [3.63, 3.8) is 0 Å². The molecule has 0 unspecified atom stereocenters. The van der Waals surface area contributed by atoms with Gasteiger partial charge < -0.3 is 10.1 Å². The number of nitrogens with zero attached hydrogens (tertiary/aromatic N) is 1. The second-order valence-electron chi connectivity index (χ2n) is 5.93. The fourth-order valence-electron chi connectivity index (χ4n) is 2.66. The summed E-state index contributed by atoms with van der Waals surface area (Å²) in [4.78, 5) is 15.8. The molecule has 1 aliphatic rings. The first-order valence-corrected chi connectivity index (χ1v) is 10.6. The third-order valence-electron chi connectivity index (χ3n) is 3.85. The number of carbonyl (C=O) groups is 1. The number of hydrogen-bond acceptors (Lipinski definition) is 6. The van der Waals surface area contributed by atoms with Crippen LogP contribution in [0.3, 0.4) is 0 Å². The fraction of sp³-hybridized carbons (Fsp3) is 0.111. The molecule has 2 N–H and O–H groups in total. The Morgan fingerprint density at radius 3 is 2.81 bits per heavy atom. The molecule has 0 saturated heterocycles. The lowest BCUT2D eigenvalue weighted by atomic mass is 10.1. The largest absolute Gasteiger partial charge is 0.482 e. The van der Waals surface area contributed by atoms with Gasteiger partial charge in [0.25, 0.3) is 5.91 Å². The molecule has 1 amide bonds. The normalized spacial score (nSPS) is 13.4. The molecular formula is C18H15N3O4S2. The van der Waals surface area contributed by atoms with Crippen LogP contribution in [-0.2, 0) is 20.6 Å². The summed E-state index contributed by atoms with van der Waals surface area (Å²) in [5.74, 6) is 0.259. The lowest BCUT2D eigenvalue weighted by Crippen LogP contribution is -2.25. The number of fused-ring (bicyclic) bond motifs is 1. The molecular weight excluding hydrogens is 386 g/mol. The number of benzene rings is 2. The van der Waals surface area contributed by atoms with Gasteiger partial charge in [-0.05, 0) is 23.8 Å². The minimum Gasteiger partial charge on any atom is -0.482 e. The van der Waals surface area contributed by atoms with Crippen LogP contribution in [0.1, 0.15) is 5.56 Å². The van der Waals surface area contributed by atoms with E-state index in [-0.39, 0.29) is 18.3 Å². The molecule has 0 aliphatic carbocycles. The zero-order valence-electron chi connectivity index (χ0n) is 14.0. The van der Waals surface area contributed by atoms with Gasteiger partial charge in [-0.1, -0.05) is 30.3 Å². The molecule has 1 aromatic heterocycles. The Kier molecular flexibility index (Phi) is 4.54. The van der Waals surface area contributed by atoms with E-state index >= 15 is 0 Å². The van der Waals surface area contributed by atoms with Crippen molar-refractivity contribution in [2.24, 2.45) is 0 Å². The van der Waals surface area contributed by atoms with Gasteiger partial charge in [0.05, 0.1) is 17.1 Å². The molecule has 3 aromatic rings. The summed E-state index contributed by atoms with van der Waals surface area (Å²) in [6.45, 7) is -0.00358. The molecule has 2 heterocycles. The van der Waals surface area contributed by atoms with Crippen LogP contribution < -0.4 is 14.8 Å². The van der Waals surface area contributed by atoms with E-state index in [0.717, 1.165) is 5.56 Å². The predicted molar refractivity (Wildman–Crippen MR) is 104 cm³/mol. The summed E-state index contributed by atoms with van der Waals surface area (Å²) in [6.07, 6.45) is 0. The van der Waals surface area contributed by atoms with Gasteiger partial charge in [0.1, 0.15) is 5.75 Å². The molecule has 4 rings (SSSR count). The summed E-state index contributed by atoms with van der Waals surface area (Å²) in [5, 5.41) is 4.79. The summed E-state index contributed by atoms with van der Waals surface area (Å²) < 4.78 is 32.5. The van der Waals surface area contributed by atoms with Crippen molar-refractivity contribution in [3.05, 3.63) is 59.5 Å². The molecule has 0 atom stereocenters. The summed E-state index contributed by atoms with van der Waals surface area (Å²) in [6, 6.07) is 14.3. The third kappa shape index (κ3) is 4.09. The maximum absolute atomic E-state index is 12.3. The summed E-state index contributed by atoms with van der Waals surface area (Å²) in [5.41, 5.74) is 2.64. The zero-order chi connectivity index (χ0) is 18.9. The number of amides is 1. The number of aromatic nitrogens is 1. The van der Waals surface area contributed by atoms with Gasteiger partial charge in [0.15, 0.2) is 11.7 Å². The van der Waals surface area contributed by atoms with Gasteiger partial charge in [0.2, 0.25) is 10.0 Å². The standard InChI is InChI=1S/C18H15N3O4S2/c22-17-9-25-16-7-6-13(8-14(16)19-17)15-10-26-18(20-15)21-27(23,24)11-12-4-2-1-3-5-12/h1-8,10H,9,11H2,(H,19,22)(H,20,21). The number of hydrogen-bond donors (Lipinski definition) is 2. The molecule has 0 fully saturated rings. The minimum absolute atomic E-state index is 0.00358. The van der Waals surface area contributed by atoms with Crippen molar-refractivity contribution in [2.75, 3.05) is 16.6 Å². The lowest BCUT2D eigenvalue weighted by Gasteiger charge is -2.18. The van der Waals surface area contributed by atoms with E-state index in [2.05, 4.69) is 15.0 Å². The zero-order valence-corrected chi connectivity index (χ0v) is 15.6. The monoisotopic (exact) mass is 401 g/mol. The van der Waals surface area contributed by atoms with E-state index in [1.54, 1.807) is 41.8 Å². The quantitative estimate of drug-likeness (QED) is 0.685. The van der Waals surface area contributed by atoms with Crippen LogP contribution in [0.2, 0.25) is 0 Å².